The molecule has 3 N–H and O–H groups in total. The number of rotatable bonds is 3. The van der Waals surface area contributed by atoms with E-state index in [1.54, 1.807) is 17.2 Å². The Bertz CT molecular complexity index is 896. The van der Waals surface area contributed by atoms with Crippen LogP contribution in [0.3, 0.4) is 0 Å². The lowest BCUT2D eigenvalue weighted by Crippen LogP contribution is -2.56. The van der Waals surface area contributed by atoms with Crippen molar-refractivity contribution in [1.29, 1.82) is 0 Å². The maximum atomic E-state index is 13.0. The minimum Gasteiger partial charge on any atom is -0.391 e. The van der Waals surface area contributed by atoms with Crippen molar-refractivity contribution in [1.82, 2.24) is 25.4 Å². The number of fused-ring (bicyclic) bond motifs is 1. The summed E-state index contributed by atoms with van der Waals surface area (Å²) in [5.41, 5.74) is 3.39. The van der Waals surface area contributed by atoms with Crippen LogP contribution in [-0.4, -0.2) is 68.8 Å². The summed E-state index contributed by atoms with van der Waals surface area (Å²) in [4.78, 5) is 31.1. The summed E-state index contributed by atoms with van der Waals surface area (Å²) in [7, 11) is 0. The maximum Gasteiger partial charge on any atom is 0.274 e. The maximum absolute atomic E-state index is 13.0. The number of hydrogen-bond acceptors (Lipinski definition) is 6. The molecule has 4 heterocycles. The first kappa shape index (κ1) is 18.6. The number of aliphatic hydroxyl groups is 1. The Morgan fingerprint density at radius 1 is 1.39 bits per heavy atom. The number of likely N-dealkylation sites (tertiary alicyclic amines) is 1. The minimum absolute atomic E-state index is 0.216. The van der Waals surface area contributed by atoms with Crippen LogP contribution >= 0.6 is 0 Å². The molecular weight excluding hydrogens is 362 g/mol. The Labute approximate surface area is 162 Å². The number of aryl methyl sites for hydroxylation is 1. The van der Waals surface area contributed by atoms with E-state index in [1.807, 2.05) is 6.92 Å². The molecule has 4 rings (SSSR count). The zero-order valence-electron chi connectivity index (χ0n) is 15.6. The predicted octanol–water partition coefficient (Wildman–Crippen LogP) is 0.191. The van der Waals surface area contributed by atoms with Crippen molar-refractivity contribution in [2.75, 3.05) is 19.7 Å². The van der Waals surface area contributed by atoms with Gasteiger partial charge in [-0.1, -0.05) is 0 Å². The quantitative estimate of drug-likeness (QED) is 0.694. The zero-order valence-corrected chi connectivity index (χ0v) is 15.6. The molecule has 0 aliphatic carbocycles. The van der Waals surface area contributed by atoms with Crippen LogP contribution in [0.4, 0.5) is 0 Å². The summed E-state index contributed by atoms with van der Waals surface area (Å²) >= 11 is 0. The van der Waals surface area contributed by atoms with Gasteiger partial charge in [0.05, 0.1) is 30.9 Å². The molecule has 0 saturated carbocycles. The first-order valence-electron chi connectivity index (χ1n) is 9.36. The van der Waals surface area contributed by atoms with Crippen LogP contribution in [0.5, 0.6) is 0 Å². The van der Waals surface area contributed by atoms with Crippen LogP contribution < -0.4 is 5.32 Å². The number of aromatic amines is 1. The highest BCUT2D eigenvalue weighted by atomic mass is 16.5. The number of piperidine rings is 1. The number of pyridine rings is 1. The Hall–Kier alpha value is -2.78. The van der Waals surface area contributed by atoms with E-state index in [-0.39, 0.29) is 18.4 Å². The van der Waals surface area contributed by atoms with E-state index < -0.39 is 12.1 Å². The average molecular weight is 385 g/mol. The fourth-order valence-electron chi connectivity index (χ4n) is 3.64. The molecule has 0 unspecified atom stereocenters. The smallest absolute Gasteiger partial charge is 0.274 e. The number of hydrogen-bond donors (Lipinski definition) is 3. The molecule has 28 heavy (non-hydrogen) atoms. The SMILES string of the molecule is Cc1cncc(C(=O)N[C@@H]2CN(C(=O)c3n[nH]c4c3COCC4)CC[C@@H]2O)c1. The number of aromatic nitrogens is 3. The molecule has 1 saturated heterocycles. The van der Waals surface area contributed by atoms with E-state index in [4.69, 9.17) is 4.74 Å². The van der Waals surface area contributed by atoms with Gasteiger partial charge in [0.15, 0.2) is 5.69 Å². The number of nitrogens with one attached hydrogen (secondary N) is 2. The van der Waals surface area contributed by atoms with Gasteiger partial charge in [-0.25, -0.2) is 0 Å². The van der Waals surface area contributed by atoms with Gasteiger partial charge in [-0.15, -0.1) is 0 Å². The molecule has 2 aromatic heterocycles. The van der Waals surface area contributed by atoms with E-state index in [1.165, 1.54) is 6.20 Å². The van der Waals surface area contributed by atoms with Crippen LogP contribution in [0.15, 0.2) is 18.5 Å². The normalized spacial score (nSPS) is 21.9. The Kier molecular flexibility index (Phi) is 5.10. The molecule has 2 amide bonds. The third-order valence-electron chi connectivity index (χ3n) is 5.22. The molecule has 9 heteroatoms. The lowest BCUT2D eigenvalue weighted by molar-refractivity contribution is 0.0351. The van der Waals surface area contributed by atoms with Crippen molar-refractivity contribution in [3.63, 3.8) is 0 Å². The Balaban J connectivity index is 1.46. The van der Waals surface area contributed by atoms with Crippen molar-refractivity contribution >= 4 is 11.8 Å². The average Bonchev–Trinajstić information content (AvgIpc) is 3.13. The molecule has 148 valence electrons. The number of carbonyl (C=O) groups is 2. The highest BCUT2D eigenvalue weighted by Gasteiger charge is 2.34. The predicted molar refractivity (Wildman–Crippen MR) is 98.7 cm³/mol. The third-order valence-corrected chi connectivity index (χ3v) is 5.22. The van der Waals surface area contributed by atoms with Crippen molar-refractivity contribution in [2.24, 2.45) is 0 Å². The summed E-state index contributed by atoms with van der Waals surface area (Å²) in [5, 5.41) is 20.3. The van der Waals surface area contributed by atoms with Gasteiger partial charge in [0.1, 0.15) is 0 Å². The minimum atomic E-state index is -0.720. The van der Waals surface area contributed by atoms with Crippen LogP contribution in [0.1, 0.15) is 44.1 Å². The molecule has 0 spiro atoms. The standard InChI is InChI=1S/C19H23N5O4/c1-11-6-12(8-20-7-11)18(26)21-15-9-24(4-2-16(15)25)19(27)17-13-10-28-5-3-14(13)22-23-17/h6-8,15-16,25H,2-5,9-10H2,1H3,(H,21,26)(H,22,23)/t15-,16+/m1/s1. The molecule has 0 bridgehead atoms. The second-order valence-corrected chi connectivity index (χ2v) is 7.27. The molecule has 2 aromatic rings. The summed E-state index contributed by atoms with van der Waals surface area (Å²) in [6.07, 6.45) is 3.52. The highest BCUT2D eigenvalue weighted by Crippen LogP contribution is 2.21. The van der Waals surface area contributed by atoms with Crippen LogP contribution in [0.2, 0.25) is 0 Å². The van der Waals surface area contributed by atoms with E-state index in [0.717, 1.165) is 16.8 Å². The summed E-state index contributed by atoms with van der Waals surface area (Å²) in [6.45, 7) is 3.45. The number of nitrogens with zero attached hydrogens (tertiary/aromatic N) is 3. The third kappa shape index (κ3) is 3.63. The number of amides is 2. The molecule has 0 aromatic carbocycles. The van der Waals surface area contributed by atoms with E-state index in [2.05, 4.69) is 20.5 Å². The fourth-order valence-corrected chi connectivity index (χ4v) is 3.64. The number of aliphatic hydroxyl groups excluding tert-OH is 1. The summed E-state index contributed by atoms with van der Waals surface area (Å²) in [6, 6.07) is 1.17. The van der Waals surface area contributed by atoms with Gasteiger partial charge in [-0.2, -0.15) is 5.10 Å². The molecule has 9 nitrogen and oxygen atoms in total. The van der Waals surface area contributed by atoms with Crippen LogP contribution in [-0.2, 0) is 17.8 Å². The van der Waals surface area contributed by atoms with Gasteiger partial charge >= 0.3 is 0 Å². The Morgan fingerprint density at radius 3 is 3.07 bits per heavy atom. The summed E-state index contributed by atoms with van der Waals surface area (Å²) in [5.74, 6) is -0.536. The second-order valence-electron chi connectivity index (χ2n) is 7.27. The van der Waals surface area contributed by atoms with E-state index >= 15 is 0 Å². The van der Waals surface area contributed by atoms with Gasteiger partial charge in [0.2, 0.25) is 0 Å². The molecular formula is C19H23N5O4. The van der Waals surface area contributed by atoms with Gasteiger partial charge in [-0.3, -0.25) is 19.7 Å². The van der Waals surface area contributed by atoms with Gasteiger partial charge in [0.25, 0.3) is 11.8 Å². The first-order chi connectivity index (χ1) is 13.5. The van der Waals surface area contributed by atoms with E-state index in [0.29, 0.717) is 43.9 Å². The topological polar surface area (TPSA) is 120 Å². The van der Waals surface area contributed by atoms with Gasteiger partial charge in [0, 0.05) is 43.2 Å². The van der Waals surface area contributed by atoms with Crippen molar-refractivity contribution in [3.8, 4) is 0 Å². The van der Waals surface area contributed by atoms with Crippen molar-refractivity contribution < 1.29 is 19.4 Å². The van der Waals surface area contributed by atoms with Gasteiger partial charge < -0.3 is 20.1 Å². The zero-order chi connectivity index (χ0) is 19.7. The van der Waals surface area contributed by atoms with Crippen molar-refractivity contribution in [2.45, 2.75) is 38.5 Å². The molecule has 0 radical (unpaired) electrons. The lowest BCUT2D eigenvalue weighted by atomic mass is 10.0. The monoisotopic (exact) mass is 385 g/mol. The van der Waals surface area contributed by atoms with Gasteiger partial charge in [-0.05, 0) is 25.0 Å². The highest BCUT2D eigenvalue weighted by molar-refractivity contribution is 5.95. The van der Waals surface area contributed by atoms with Crippen LogP contribution in [0.25, 0.3) is 0 Å². The molecule has 1 fully saturated rings. The summed E-state index contributed by atoms with van der Waals surface area (Å²) < 4.78 is 5.45. The number of H-pyrrole nitrogens is 1. The number of carbonyl (C=O) groups excluding carboxylic acids is 2. The molecule has 2 atom stereocenters. The molecule has 2 aliphatic rings. The van der Waals surface area contributed by atoms with Crippen LogP contribution in [0, 0.1) is 6.92 Å². The largest absolute Gasteiger partial charge is 0.391 e. The number of ether oxygens (including phenoxy) is 1. The fraction of sp³-hybridized carbons (Fsp3) is 0.474. The molecule has 2 aliphatic heterocycles. The van der Waals surface area contributed by atoms with Crippen molar-refractivity contribution in [3.05, 3.63) is 46.5 Å². The second kappa shape index (κ2) is 7.69. The van der Waals surface area contributed by atoms with E-state index in [9.17, 15) is 14.7 Å². The first-order valence-corrected chi connectivity index (χ1v) is 9.36. The lowest BCUT2D eigenvalue weighted by Gasteiger charge is -2.36. The Morgan fingerprint density at radius 2 is 2.25 bits per heavy atom.